The van der Waals surface area contributed by atoms with Gasteiger partial charge >= 0.3 is 6.18 Å². The van der Waals surface area contributed by atoms with Crippen LogP contribution < -0.4 is 9.64 Å². The van der Waals surface area contributed by atoms with Crippen LogP contribution in [0.15, 0.2) is 60.8 Å². The molecule has 4 nitrogen and oxygen atoms in total. The van der Waals surface area contributed by atoms with Crippen LogP contribution >= 0.6 is 0 Å². The summed E-state index contributed by atoms with van der Waals surface area (Å²) in [5.74, 6) is 0.179. The van der Waals surface area contributed by atoms with E-state index in [-0.39, 0.29) is 18.6 Å². The molecular formula is C25H25F3N2O2. The maximum atomic E-state index is 12.7. The van der Waals surface area contributed by atoms with Crippen molar-refractivity contribution < 1.29 is 23.0 Å². The van der Waals surface area contributed by atoms with Crippen LogP contribution in [0.25, 0.3) is 11.1 Å². The van der Waals surface area contributed by atoms with E-state index in [4.69, 9.17) is 4.74 Å². The molecule has 0 spiro atoms. The number of anilines is 1. The number of aliphatic hydroxyl groups is 1. The summed E-state index contributed by atoms with van der Waals surface area (Å²) >= 11 is 0. The maximum Gasteiger partial charge on any atom is 0.417 e. The quantitative estimate of drug-likeness (QED) is 0.549. The van der Waals surface area contributed by atoms with Gasteiger partial charge in [0, 0.05) is 36.5 Å². The standard InChI is InChI=1S/C25H25F3N2O2/c1-2-17-5-3-4-6-22(17)18-7-8-19(16-31)23(13-18)30-12-11-21(15-30)32-24-10-9-20(14-29-24)25(26,27)28/h3-10,13-14,21,31H,2,11-12,15-16H2,1H3. The zero-order valence-corrected chi connectivity index (χ0v) is 17.8. The molecule has 0 aliphatic carbocycles. The van der Waals surface area contributed by atoms with Crippen LogP contribution in [0.1, 0.15) is 30.0 Å². The van der Waals surface area contributed by atoms with Crippen molar-refractivity contribution in [1.29, 1.82) is 0 Å². The highest BCUT2D eigenvalue weighted by Crippen LogP contribution is 2.33. The number of aromatic nitrogens is 1. The van der Waals surface area contributed by atoms with Gasteiger partial charge in [0.25, 0.3) is 0 Å². The van der Waals surface area contributed by atoms with Crippen molar-refractivity contribution in [3.8, 4) is 17.0 Å². The number of halogens is 3. The molecule has 4 rings (SSSR count). The Labute approximate surface area is 185 Å². The fourth-order valence-electron chi connectivity index (χ4n) is 4.10. The number of ether oxygens (including phenoxy) is 1. The third-order valence-electron chi connectivity index (χ3n) is 5.80. The number of nitrogens with zero attached hydrogens (tertiary/aromatic N) is 2. The van der Waals surface area contributed by atoms with Crippen LogP contribution in [-0.2, 0) is 19.2 Å². The number of hydrogen-bond acceptors (Lipinski definition) is 4. The lowest BCUT2D eigenvalue weighted by Crippen LogP contribution is -2.25. The van der Waals surface area contributed by atoms with Gasteiger partial charge in [0.05, 0.1) is 18.7 Å². The van der Waals surface area contributed by atoms with Gasteiger partial charge in [0.2, 0.25) is 5.88 Å². The molecule has 2 heterocycles. The third kappa shape index (κ3) is 4.72. The summed E-state index contributed by atoms with van der Waals surface area (Å²) < 4.78 is 44.0. The number of alkyl halides is 3. The van der Waals surface area contributed by atoms with Gasteiger partial charge in [-0.2, -0.15) is 13.2 Å². The van der Waals surface area contributed by atoms with Crippen molar-refractivity contribution in [1.82, 2.24) is 4.98 Å². The molecule has 168 valence electrons. The topological polar surface area (TPSA) is 45.6 Å². The molecule has 1 aliphatic rings. The third-order valence-corrected chi connectivity index (χ3v) is 5.80. The predicted octanol–water partition coefficient (Wildman–Crippen LogP) is 5.48. The lowest BCUT2D eigenvalue weighted by molar-refractivity contribution is -0.137. The van der Waals surface area contributed by atoms with Gasteiger partial charge in [0.1, 0.15) is 6.10 Å². The lowest BCUT2D eigenvalue weighted by atomic mass is 9.96. The molecule has 0 bridgehead atoms. The Balaban J connectivity index is 1.52. The average Bonchev–Trinajstić information content (AvgIpc) is 3.26. The molecule has 1 unspecified atom stereocenters. The molecule has 0 amide bonds. The monoisotopic (exact) mass is 442 g/mol. The SMILES string of the molecule is CCc1ccccc1-c1ccc(CO)c(N2CCC(Oc3ccc(C(F)(F)F)cn3)C2)c1. The van der Waals surface area contributed by atoms with Crippen molar-refractivity contribution in [2.24, 2.45) is 0 Å². The highest BCUT2D eigenvalue weighted by Gasteiger charge is 2.31. The average molecular weight is 442 g/mol. The van der Waals surface area contributed by atoms with Crippen LogP contribution in [0.2, 0.25) is 0 Å². The fraction of sp³-hybridized carbons (Fsp3) is 0.320. The Kier molecular flexibility index (Phi) is 6.37. The van der Waals surface area contributed by atoms with E-state index in [1.54, 1.807) is 0 Å². The number of aryl methyl sites for hydroxylation is 1. The number of rotatable bonds is 6. The van der Waals surface area contributed by atoms with Crippen molar-refractivity contribution in [3.05, 3.63) is 77.5 Å². The normalized spacial score (nSPS) is 16.4. The van der Waals surface area contributed by atoms with Crippen molar-refractivity contribution in [3.63, 3.8) is 0 Å². The van der Waals surface area contributed by atoms with E-state index < -0.39 is 11.7 Å². The number of hydrogen-bond donors (Lipinski definition) is 1. The summed E-state index contributed by atoms with van der Waals surface area (Å²) in [5.41, 5.74) is 4.49. The van der Waals surface area contributed by atoms with E-state index in [9.17, 15) is 18.3 Å². The number of aliphatic hydroxyl groups excluding tert-OH is 1. The van der Waals surface area contributed by atoms with Gasteiger partial charge in [-0.05, 0) is 35.2 Å². The molecule has 0 radical (unpaired) electrons. The fourth-order valence-corrected chi connectivity index (χ4v) is 4.10. The Hall–Kier alpha value is -3.06. The highest BCUT2D eigenvalue weighted by molar-refractivity contribution is 5.73. The number of pyridine rings is 1. The van der Waals surface area contributed by atoms with Crippen LogP contribution in [0.5, 0.6) is 5.88 Å². The second-order valence-corrected chi connectivity index (χ2v) is 7.87. The van der Waals surface area contributed by atoms with E-state index in [1.807, 2.05) is 24.3 Å². The summed E-state index contributed by atoms with van der Waals surface area (Å²) in [6.07, 6.45) is -2.19. The molecule has 32 heavy (non-hydrogen) atoms. The molecule has 1 aliphatic heterocycles. The molecule has 1 N–H and O–H groups in total. The van der Waals surface area contributed by atoms with E-state index in [0.717, 1.165) is 42.0 Å². The van der Waals surface area contributed by atoms with Gasteiger partial charge in [-0.15, -0.1) is 0 Å². The van der Waals surface area contributed by atoms with E-state index in [0.29, 0.717) is 13.0 Å². The van der Waals surface area contributed by atoms with Crippen LogP contribution in [0.4, 0.5) is 18.9 Å². The summed E-state index contributed by atoms with van der Waals surface area (Å²) in [7, 11) is 0. The first kappa shape index (κ1) is 22.1. The van der Waals surface area contributed by atoms with Crippen molar-refractivity contribution in [2.45, 2.75) is 38.7 Å². The molecule has 1 fully saturated rings. The molecule has 1 aromatic heterocycles. The van der Waals surface area contributed by atoms with Gasteiger partial charge in [-0.1, -0.05) is 43.3 Å². The van der Waals surface area contributed by atoms with Gasteiger partial charge < -0.3 is 14.7 Å². The predicted molar refractivity (Wildman–Crippen MR) is 118 cm³/mol. The minimum absolute atomic E-state index is 0.0759. The van der Waals surface area contributed by atoms with Crippen molar-refractivity contribution in [2.75, 3.05) is 18.0 Å². The highest BCUT2D eigenvalue weighted by atomic mass is 19.4. The molecule has 2 aromatic carbocycles. The minimum atomic E-state index is -4.42. The van der Waals surface area contributed by atoms with Crippen LogP contribution in [0.3, 0.4) is 0 Å². The first-order chi connectivity index (χ1) is 15.4. The van der Waals surface area contributed by atoms with Gasteiger partial charge in [0.15, 0.2) is 0 Å². The molecule has 0 saturated carbocycles. The zero-order valence-electron chi connectivity index (χ0n) is 17.8. The summed E-state index contributed by atoms with van der Waals surface area (Å²) in [4.78, 5) is 5.96. The van der Waals surface area contributed by atoms with Crippen molar-refractivity contribution >= 4 is 5.69 Å². The van der Waals surface area contributed by atoms with E-state index in [2.05, 4.69) is 35.0 Å². The van der Waals surface area contributed by atoms with Crippen LogP contribution in [0, 0.1) is 0 Å². The van der Waals surface area contributed by atoms with E-state index >= 15 is 0 Å². The molecular weight excluding hydrogens is 417 g/mol. The minimum Gasteiger partial charge on any atom is -0.472 e. The second kappa shape index (κ2) is 9.20. The number of benzene rings is 2. The smallest absolute Gasteiger partial charge is 0.417 e. The first-order valence-corrected chi connectivity index (χ1v) is 10.7. The first-order valence-electron chi connectivity index (χ1n) is 10.7. The molecule has 1 saturated heterocycles. The Morgan fingerprint density at radius 3 is 2.59 bits per heavy atom. The Morgan fingerprint density at radius 2 is 1.91 bits per heavy atom. The largest absolute Gasteiger partial charge is 0.472 e. The Bertz CT molecular complexity index is 1070. The summed E-state index contributed by atoms with van der Waals surface area (Å²) in [5, 5.41) is 9.87. The Morgan fingerprint density at radius 1 is 1.09 bits per heavy atom. The van der Waals surface area contributed by atoms with Gasteiger partial charge in [-0.25, -0.2) is 4.98 Å². The van der Waals surface area contributed by atoms with Gasteiger partial charge in [-0.3, -0.25) is 0 Å². The second-order valence-electron chi connectivity index (χ2n) is 7.87. The molecule has 1 atom stereocenters. The van der Waals surface area contributed by atoms with E-state index in [1.165, 1.54) is 17.2 Å². The molecule has 7 heteroatoms. The molecule has 3 aromatic rings. The summed E-state index contributed by atoms with van der Waals surface area (Å²) in [6, 6.07) is 16.6. The van der Waals surface area contributed by atoms with Crippen LogP contribution in [-0.4, -0.2) is 29.3 Å². The maximum absolute atomic E-state index is 12.7. The summed E-state index contributed by atoms with van der Waals surface area (Å²) in [6.45, 7) is 3.33. The lowest BCUT2D eigenvalue weighted by Gasteiger charge is -2.23. The zero-order chi connectivity index (χ0) is 22.7.